The smallest absolute Gasteiger partial charge is 0.380 e. The van der Waals surface area contributed by atoms with Crippen LogP contribution < -0.4 is 5.32 Å². The number of alkyl halides is 3. The molecule has 1 fully saturated rings. The lowest BCUT2D eigenvalue weighted by Gasteiger charge is -2.23. The minimum Gasteiger partial charge on any atom is -0.380 e. The number of hydrogen-bond acceptors (Lipinski definition) is 2. The van der Waals surface area contributed by atoms with Crippen LogP contribution in [0.15, 0.2) is 35.5 Å². The largest absolute Gasteiger partial charge is 0.416 e. The van der Waals surface area contributed by atoms with Gasteiger partial charge in [-0.3, -0.25) is 0 Å². The first-order valence-corrected chi connectivity index (χ1v) is 9.11. The minimum absolute atomic E-state index is 0.584. The Morgan fingerprint density at radius 3 is 2.04 bits per heavy atom. The summed E-state index contributed by atoms with van der Waals surface area (Å²) in [5, 5.41) is 11.8. The van der Waals surface area contributed by atoms with Crippen molar-refractivity contribution in [1.29, 1.82) is 5.26 Å². The Hall–Kier alpha value is -2.40. The van der Waals surface area contributed by atoms with Crippen molar-refractivity contribution in [2.45, 2.75) is 58.5 Å². The SMILES string of the molecule is C#C.CCc1ccc(C(F)(F)F)cc1.CN/C(C#N)=C(\C)C1CCCCC1. The molecule has 1 aromatic carbocycles. The molecule has 0 aromatic heterocycles. The van der Waals surface area contributed by atoms with E-state index in [1.807, 2.05) is 14.0 Å². The number of allylic oxidation sites excluding steroid dienone is 2. The van der Waals surface area contributed by atoms with Crippen molar-refractivity contribution in [3.05, 3.63) is 46.7 Å². The van der Waals surface area contributed by atoms with E-state index in [0.717, 1.165) is 29.8 Å². The highest BCUT2D eigenvalue weighted by Crippen LogP contribution is 2.30. The number of rotatable bonds is 3. The molecule has 1 aliphatic rings. The van der Waals surface area contributed by atoms with Gasteiger partial charge in [-0.25, -0.2) is 0 Å². The molecule has 0 heterocycles. The highest BCUT2D eigenvalue weighted by Gasteiger charge is 2.29. The summed E-state index contributed by atoms with van der Waals surface area (Å²) >= 11 is 0. The number of hydrogen-bond donors (Lipinski definition) is 1. The minimum atomic E-state index is -4.22. The van der Waals surface area contributed by atoms with E-state index < -0.39 is 11.7 Å². The van der Waals surface area contributed by atoms with Gasteiger partial charge in [0.25, 0.3) is 0 Å². The van der Waals surface area contributed by atoms with E-state index in [0.29, 0.717) is 5.92 Å². The first-order valence-electron chi connectivity index (χ1n) is 9.11. The molecule has 5 heteroatoms. The predicted octanol–water partition coefficient (Wildman–Crippen LogP) is 6.10. The molecule has 0 radical (unpaired) electrons. The van der Waals surface area contributed by atoms with Gasteiger partial charge in [0.05, 0.1) is 5.56 Å². The summed E-state index contributed by atoms with van der Waals surface area (Å²) in [5.41, 5.74) is 2.36. The number of nitriles is 1. The van der Waals surface area contributed by atoms with Crippen molar-refractivity contribution in [2.24, 2.45) is 5.92 Å². The Kier molecular flexibility index (Phi) is 11.7. The molecule has 27 heavy (non-hydrogen) atoms. The van der Waals surface area contributed by atoms with Crippen molar-refractivity contribution in [2.75, 3.05) is 7.05 Å². The summed E-state index contributed by atoms with van der Waals surface area (Å²) in [6, 6.07) is 7.44. The topological polar surface area (TPSA) is 35.8 Å². The van der Waals surface area contributed by atoms with Gasteiger partial charge in [-0.1, -0.05) is 38.3 Å². The van der Waals surface area contributed by atoms with Crippen LogP contribution >= 0.6 is 0 Å². The van der Waals surface area contributed by atoms with Gasteiger partial charge < -0.3 is 5.32 Å². The van der Waals surface area contributed by atoms with E-state index in [-0.39, 0.29) is 0 Å². The zero-order valence-corrected chi connectivity index (χ0v) is 16.4. The van der Waals surface area contributed by atoms with Crippen LogP contribution in [0.5, 0.6) is 0 Å². The molecule has 2 rings (SSSR count). The number of aryl methyl sites for hydroxylation is 1. The van der Waals surface area contributed by atoms with E-state index >= 15 is 0 Å². The zero-order valence-electron chi connectivity index (χ0n) is 16.4. The molecule has 0 atom stereocenters. The van der Waals surface area contributed by atoms with Gasteiger partial charge >= 0.3 is 6.18 Å². The van der Waals surface area contributed by atoms with Gasteiger partial charge in [0.2, 0.25) is 0 Å². The summed E-state index contributed by atoms with van der Waals surface area (Å²) in [7, 11) is 1.82. The normalized spacial score (nSPS) is 15.1. The second kappa shape index (κ2) is 12.9. The lowest BCUT2D eigenvalue weighted by Crippen LogP contribution is -2.14. The summed E-state index contributed by atoms with van der Waals surface area (Å²) in [4.78, 5) is 0. The Balaban J connectivity index is 0.000000460. The maximum atomic E-state index is 12.0. The van der Waals surface area contributed by atoms with E-state index in [1.54, 1.807) is 0 Å². The lowest BCUT2D eigenvalue weighted by atomic mass is 9.84. The van der Waals surface area contributed by atoms with E-state index in [1.165, 1.54) is 49.8 Å². The molecule has 0 spiro atoms. The maximum Gasteiger partial charge on any atom is 0.416 e. The van der Waals surface area contributed by atoms with Crippen molar-refractivity contribution < 1.29 is 13.2 Å². The van der Waals surface area contributed by atoms with Gasteiger partial charge in [-0.2, -0.15) is 18.4 Å². The van der Waals surface area contributed by atoms with Crippen LogP contribution in [-0.4, -0.2) is 7.05 Å². The Labute approximate surface area is 161 Å². The third kappa shape index (κ3) is 8.69. The molecule has 0 amide bonds. The maximum absolute atomic E-state index is 12.0. The molecular formula is C22H29F3N2. The molecule has 0 aliphatic heterocycles. The average molecular weight is 378 g/mol. The summed E-state index contributed by atoms with van der Waals surface area (Å²) < 4.78 is 36.1. The van der Waals surface area contributed by atoms with Crippen LogP contribution in [0.3, 0.4) is 0 Å². The van der Waals surface area contributed by atoms with Crippen LogP contribution in [0.1, 0.15) is 57.1 Å². The number of terminal acetylenes is 1. The molecule has 0 bridgehead atoms. The lowest BCUT2D eigenvalue weighted by molar-refractivity contribution is -0.137. The molecule has 1 N–H and O–H groups in total. The third-order valence-corrected chi connectivity index (χ3v) is 4.66. The molecule has 148 valence electrons. The summed E-state index contributed by atoms with van der Waals surface area (Å²) in [6.07, 6.45) is 11.1. The Bertz CT molecular complexity index is 628. The second-order valence-corrected chi connectivity index (χ2v) is 6.30. The highest BCUT2D eigenvalue weighted by atomic mass is 19.4. The van der Waals surface area contributed by atoms with E-state index in [9.17, 15) is 13.2 Å². The Morgan fingerprint density at radius 1 is 1.15 bits per heavy atom. The second-order valence-electron chi connectivity index (χ2n) is 6.30. The van der Waals surface area contributed by atoms with Crippen molar-refractivity contribution in [3.8, 4) is 18.9 Å². The van der Waals surface area contributed by atoms with Gasteiger partial charge in [0.15, 0.2) is 0 Å². The molecule has 1 aromatic rings. The standard InChI is InChI=1S/C11H18N2.C9H9F3.C2H2/c1-9(11(8-12)13-2)10-6-4-3-5-7-10;1-2-7-3-5-8(6-4-7)9(10,11)12;1-2/h10,13H,3-7H2,1-2H3;3-6H,2H2,1H3;1-2H/b11-9+;;. The van der Waals surface area contributed by atoms with Gasteiger partial charge in [0.1, 0.15) is 11.8 Å². The van der Waals surface area contributed by atoms with Crippen LogP contribution in [0.2, 0.25) is 0 Å². The number of nitrogens with one attached hydrogen (secondary N) is 1. The molecule has 1 aliphatic carbocycles. The fraction of sp³-hybridized carbons (Fsp3) is 0.500. The molecule has 2 nitrogen and oxygen atoms in total. The highest BCUT2D eigenvalue weighted by molar-refractivity contribution is 5.26. The van der Waals surface area contributed by atoms with Gasteiger partial charge in [-0.15, -0.1) is 12.8 Å². The first-order chi connectivity index (χ1) is 12.8. The molecule has 0 unspecified atom stereocenters. The van der Waals surface area contributed by atoms with Gasteiger partial charge in [-0.05, 0) is 55.4 Å². The van der Waals surface area contributed by atoms with Crippen LogP contribution in [0, 0.1) is 30.1 Å². The number of benzene rings is 1. The van der Waals surface area contributed by atoms with Gasteiger partial charge in [0, 0.05) is 7.05 Å². The third-order valence-electron chi connectivity index (χ3n) is 4.66. The molecular weight excluding hydrogens is 349 g/mol. The monoisotopic (exact) mass is 378 g/mol. The summed E-state index contributed by atoms with van der Waals surface area (Å²) in [6.45, 7) is 3.99. The van der Waals surface area contributed by atoms with Crippen LogP contribution in [-0.2, 0) is 12.6 Å². The van der Waals surface area contributed by atoms with E-state index in [2.05, 4.69) is 31.2 Å². The van der Waals surface area contributed by atoms with Crippen LogP contribution in [0.4, 0.5) is 13.2 Å². The number of halogens is 3. The average Bonchev–Trinajstić information content (AvgIpc) is 2.71. The quantitative estimate of drug-likeness (QED) is 0.509. The van der Waals surface area contributed by atoms with E-state index in [4.69, 9.17) is 5.26 Å². The first kappa shape index (κ1) is 24.6. The Morgan fingerprint density at radius 2 is 1.67 bits per heavy atom. The fourth-order valence-corrected chi connectivity index (χ4v) is 3.01. The van der Waals surface area contributed by atoms with Crippen LogP contribution in [0.25, 0.3) is 0 Å². The van der Waals surface area contributed by atoms with Crippen molar-refractivity contribution >= 4 is 0 Å². The van der Waals surface area contributed by atoms with Crippen molar-refractivity contribution in [1.82, 2.24) is 5.32 Å². The van der Waals surface area contributed by atoms with Crippen molar-refractivity contribution in [3.63, 3.8) is 0 Å². The molecule has 0 saturated heterocycles. The number of nitrogens with zero attached hydrogens (tertiary/aromatic N) is 1. The summed E-state index contributed by atoms with van der Waals surface area (Å²) in [5.74, 6) is 0.649. The molecule has 1 saturated carbocycles. The zero-order chi connectivity index (χ0) is 20.9. The fourth-order valence-electron chi connectivity index (χ4n) is 3.01. The predicted molar refractivity (Wildman–Crippen MR) is 105 cm³/mol.